The topological polar surface area (TPSA) is 24.7 Å². The predicted molar refractivity (Wildman–Crippen MR) is 40.3 cm³/mol. The van der Waals surface area contributed by atoms with E-state index in [0.29, 0.717) is 0 Å². The molecule has 1 rings (SSSR count). The number of rotatable bonds is 1. The Morgan fingerprint density at radius 2 is 2.33 bits per heavy atom. The van der Waals surface area contributed by atoms with E-state index in [1.807, 2.05) is 0 Å². The van der Waals surface area contributed by atoms with Crippen molar-refractivity contribution in [2.75, 3.05) is 6.54 Å². The lowest BCUT2D eigenvalue weighted by atomic mass is 10.2. The zero-order valence-corrected chi connectivity index (χ0v) is 6.02. The van der Waals surface area contributed by atoms with Gasteiger partial charge in [0, 0.05) is 25.1 Å². The molecule has 0 spiro atoms. The summed E-state index contributed by atoms with van der Waals surface area (Å²) in [6.45, 7) is 5.09. The third kappa shape index (κ3) is 1.63. The predicted octanol–water partition coefficient (Wildman–Crippen LogP) is 1.66. The van der Waals surface area contributed by atoms with E-state index in [2.05, 4.69) is 23.8 Å². The molecule has 0 N–H and O–H groups in total. The molecular formula is C7H12N2. The van der Waals surface area contributed by atoms with Crippen LogP contribution in [0.25, 0.3) is 0 Å². The second kappa shape index (κ2) is 2.76. The van der Waals surface area contributed by atoms with Gasteiger partial charge in [-0.25, -0.2) is 4.99 Å². The lowest BCUT2D eigenvalue weighted by molar-refractivity contribution is 0.987. The van der Waals surface area contributed by atoms with Gasteiger partial charge in [-0.15, -0.1) is 0 Å². The first-order valence-corrected chi connectivity index (χ1v) is 3.40. The van der Waals surface area contributed by atoms with Gasteiger partial charge in [-0.05, 0) is 6.92 Å². The Balaban J connectivity index is 2.63. The first-order chi connectivity index (χ1) is 4.33. The lowest BCUT2D eigenvalue weighted by Gasteiger charge is -2.05. The average Bonchev–Trinajstić information content (AvgIpc) is 1.88. The van der Waals surface area contributed by atoms with Crippen LogP contribution in [0.1, 0.15) is 26.7 Å². The molecule has 0 aromatic heterocycles. The van der Waals surface area contributed by atoms with Crippen molar-refractivity contribution in [1.82, 2.24) is 0 Å². The fraction of sp³-hybridized carbons (Fsp3) is 0.714. The Morgan fingerprint density at radius 3 is 2.78 bits per heavy atom. The fourth-order valence-electron chi connectivity index (χ4n) is 0.849. The van der Waals surface area contributed by atoms with E-state index >= 15 is 0 Å². The third-order valence-corrected chi connectivity index (χ3v) is 1.40. The zero-order valence-electron chi connectivity index (χ0n) is 6.02. The molecule has 0 saturated heterocycles. The molecule has 1 aliphatic rings. The molecular weight excluding hydrogens is 112 g/mol. The van der Waals surface area contributed by atoms with Gasteiger partial charge in [-0.2, -0.15) is 0 Å². The quantitative estimate of drug-likeness (QED) is 0.508. The van der Waals surface area contributed by atoms with Gasteiger partial charge < -0.3 is 0 Å². The van der Waals surface area contributed by atoms with Crippen molar-refractivity contribution >= 4 is 11.5 Å². The maximum atomic E-state index is 4.27. The molecule has 50 valence electrons. The number of nitrogens with zero attached hydrogens (tertiary/aromatic N) is 2. The van der Waals surface area contributed by atoms with Gasteiger partial charge in [0.15, 0.2) is 0 Å². The number of hydrogen-bond donors (Lipinski definition) is 0. The van der Waals surface area contributed by atoms with Crippen LogP contribution < -0.4 is 0 Å². The van der Waals surface area contributed by atoms with Crippen LogP contribution in [-0.2, 0) is 0 Å². The summed E-state index contributed by atoms with van der Waals surface area (Å²) in [7, 11) is 0. The summed E-state index contributed by atoms with van der Waals surface area (Å²) >= 11 is 0. The van der Waals surface area contributed by atoms with Gasteiger partial charge in [0.2, 0.25) is 0 Å². The van der Waals surface area contributed by atoms with Crippen LogP contribution in [0.5, 0.6) is 0 Å². The monoisotopic (exact) mass is 124 g/mol. The van der Waals surface area contributed by atoms with Gasteiger partial charge in [0.25, 0.3) is 0 Å². The number of amidine groups is 1. The maximum absolute atomic E-state index is 4.27. The SMILES string of the molecule is CCC1=NCCC(C)=N1. The minimum atomic E-state index is 0.943. The summed E-state index contributed by atoms with van der Waals surface area (Å²) in [6, 6.07) is 0. The Morgan fingerprint density at radius 1 is 1.56 bits per heavy atom. The van der Waals surface area contributed by atoms with Crippen LogP contribution in [0, 0.1) is 0 Å². The molecule has 0 amide bonds. The van der Waals surface area contributed by atoms with Crippen molar-refractivity contribution in [3.05, 3.63) is 0 Å². The van der Waals surface area contributed by atoms with Gasteiger partial charge in [-0.1, -0.05) is 6.92 Å². The Labute approximate surface area is 55.7 Å². The molecule has 0 bridgehead atoms. The molecule has 0 aromatic rings. The summed E-state index contributed by atoms with van der Waals surface area (Å²) in [5.74, 6) is 1.01. The zero-order chi connectivity index (χ0) is 6.69. The summed E-state index contributed by atoms with van der Waals surface area (Å²) in [5, 5.41) is 0. The van der Waals surface area contributed by atoms with Crippen LogP contribution in [0.3, 0.4) is 0 Å². The van der Waals surface area contributed by atoms with Gasteiger partial charge in [-0.3, -0.25) is 4.99 Å². The highest BCUT2D eigenvalue weighted by atomic mass is 14.9. The largest absolute Gasteiger partial charge is 0.270 e. The highest BCUT2D eigenvalue weighted by Gasteiger charge is 2.00. The molecule has 1 aliphatic heterocycles. The first-order valence-electron chi connectivity index (χ1n) is 3.40. The van der Waals surface area contributed by atoms with E-state index < -0.39 is 0 Å². The summed E-state index contributed by atoms with van der Waals surface area (Å²) in [4.78, 5) is 8.49. The maximum Gasteiger partial charge on any atom is 0.122 e. The van der Waals surface area contributed by atoms with Crippen LogP contribution in [0.4, 0.5) is 0 Å². The average molecular weight is 124 g/mol. The van der Waals surface area contributed by atoms with Crippen LogP contribution >= 0.6 is 0 Å². The smallest absolute Gasteiger partial charge is 0.122 e. The van der Waals surface area contributed by atoms with Crippen LogP contribution in [0.2, 0.25) is 0 Å². The normalized spacial score (nSPS) is 18.9. The van der Waals surface area contributed by atoms with Crippen molar-refractivity contribution in [2.24, 2.45) is 9.98 Å². The van der Waals surface area contributed by atoms with Gasteiger partial charge in [0.05, 0.1) is 0 Å². The van der Waals surface area contributed by atoms with E-state index in [1.165, 1.54) is 5.71 Å². The summed E-state index contributed by atoms with van der Waals surface area (Å²) in [6.07, 6.45) is 2.01. The van der Waals surface area contributed by atoms with Crippen molar-refractivity contribution in [3.63, 3.8) is 0 Å². The highest BCUT2D eigenvalue weighted by molar-refractivity contribution is 5.98. The van der Waals surface area contributed by atoms with Crippen molar-refractivity contribution in [3.8, 4) is 0 Å². The van der Waals surface area contributed by atoms with Gasteiger partial charge >= 0.3 is 0 Å². The molecule has 2 nitrogen and oxygen atoms in total. The van der Waals surface area contributed by atoms with E-state index in [9.17, 15) is 0 Å². The molecule has 0 aliphatic carbocycles. The number of aliphatic imine (C=N–C) groups is 2. The van der Waals surface area contributed by atoms with Crippen LogP contribution in [0.15, 0.2) is 9.98 Å². The molecule has 0 atom stereocenters. The van der Waals surface area contributed by atoms with Crippen molar-refractivity contribution < 1.29 is 0 Å². The standard InChI is InChI=1S/C7H12N2/c1-3-7-8-5-4-6(2)9-7/h3-5H2,1-2H3. The van der Waals surface area contributed by atoms with Crippen molar-refractivity contribution in [2.45, 2.75) is 26.7 Å². The Kier molecular flexibility index (Phi) is 1.98. The summed E-state index contributed by atoms with van der Waals surface area (Å²) < 4.78 is 0. The van der Waals surface area contributed by atoms with E-state index in [4.69, 9.17) is 0 Å². The molecule has 0 fully saturated rings. The molecule has 0 radical (unpaired) electrons. The molecule has 9 heavy (non-hydrogen) atoms. The van der Waals surface area contributed by atoms with E-state index in [-0.39, 0.29) is 0 Å². The fourth-order valence-corrected chi connectivity index (χ4v) is 0.849. The Hall–Kier alpha value is -0.660. The van der Waals surface area contributed by atoms with Gasteiger partial charge in [0.1, 0.15) is 5.84 Å². The second-order valence-electron chi connectivity index (χ2n) is 2.25. The molecule has 0 saturated carbocycles. The lowest BCUT2D eigenvalue weighted by Crippen LogP contribution is -2.07. The van der Waals surface area contributed by atoms with Crippen molar-refractivity contribution in [1.29, 1.82) is 0 Å². The Bertz CT molecular complexity index is 156. The third-order valence-electron chi connectivity index (χ3n) is 1.40. The van der Waals surface area contributed by atoms with Crippen LogP contribution in [-0.4, -0.2) is 18.1 Å². The highest BCUT2D eigenvalue weighted by Crippen LogP contribution is 2.00. The molecule has 0 unspecified atom stereocenters. The first kappa shape index (κ1) is 6.46. The minimum Gasteiger partial charge on any atom is -0.270 e. The van der Waals surface area contributed by atoms with E-state index in [1.54, 1.807) is 0 Å². The molecule has 1 heterocycles. The molecule has 0 aromatic carbocycles. The number of hydrogen-bond acceptors (Lipinski definition) is 2. The molecule has 2 heteroatoms. The minimum absolute atomic E-state index is 0.943. The second-order valence-corrected chi connectivity index (χ2v) is 2.25. The summed E-state index contributed by atoms with van der Waals surface area (Å²) in [5.41, 5.74) is 1.22. The van der Waals surface area contributed by atoms with E-state index in [0.717, 1.165) is 25.2 Å².